The van der Waals surface area contributed by atoms with Gasteiger partial charge in [-0.1, -0.05) is 12.1 Å². The molecule has 0 unspecified atom stereocenters. The number of fused-ring (bicyclic) bond motifs is 1. The van der Waals surface area contributed by atoms with E-state index in [1.807, 2.05) is 18.2 Å². The van der Waals surface area contributed by atoms with Crippen LogP contribution in [0.4, 0.5) is 16.2 Å². The summed E-state index contributed by atoms with van der Waals surface area (Å²) in [5.41, 5.74) is 3.41. The summed E-state index contributed by atoms with van der Waals surface area (Å²) in [6, 6.07) is 15.9. The van der Waals surface area contributed by atoms with Gasteiger partial charge in [0.05, 0.1) is 17.3 Å². The van der Waals surface area contributed by atoms with Crippen molar-refractivity contribution in [2.24, 2.45) is 0 Å². The fourth-order valence-electron chi connectivity index (χ4n) is 2.96. The lowest BCUT2D eigenvalue weighted by molar-refractivity contribution is 0.102. The molecule has 9 heteroatoms. The second-order valence-electron chi connectivity index (χ2n) is 6.40. The fraction of sp³-hybridized carbons (Fsp3) is 0.0476. The average molecular weight is 403 g/mol. The summed E-state index contributed by atoms with van der Waals surface area (Å²) in [6.07, 6.45) is 1.72. The molecule has 0 aliphatic rings. The molecule has 0 saturated carbocycles. The summed E-state index contributed by atoms with van der Waals surface area (Å²) >= 11 is 0. The largest absolute Gasteiger partial charge is 0.512 e. The Kier molecular flexibility index (Phi) is 5.25. The maximum absolute atomic E-state index is 12.8. The molecule has 2 heterocycles. The Morgan fingerprint density at radius 1 is 1.10 bits per heavy atom. The number of anilines is 2. The number of H-pyrrole nitrogens is 1. The highest BCUT2D eigenvalue weighted by Gasteiger charge is 2.12. The van der Waals surface area contributed by atoms with Crippen molar-refractivity contribution < 1.29 is 19.4 Å². The fourth-order valence-corrected chi connectivity index (χ4v) is 2.96. The smallest absolute Gasteiger partial charge is 0.449 e. The number of ether oxygens (including phenoxy) is 1. The van der Waals surface area contributed by atoms with Crippen molar-refractivity contribution in [1.82, 2.24) is 15.2 Å². The number of aromatic nitrogens is 3. The second-order valence-corrected chi connectivity index (χ2v) is 6.40. The number of aromatic amines is 1. The number of nitrogens with one attached hydrogen (secondary N) is 3. The molecular weight excluding hydrogens is 386 g/mol. The topological polar surface area (TPSA) is 129 Å². The summed E-state index contributed by atoms with van der Waals surface area (Å²) < 4.78 is 4.57. The Morgan fingerprint density at radius 3 is 2.83 bits per heavy atom. The van der Waals surface area contributed by atoms with Crippen LogP contribution in [0.1, 0.15) is 15.9 Å². The first-order valence-corrected chi connectivity index (χ1v) is 9.01. The molecule has 0 atom stereocenters. The third-order valence-electron chi connectivity index (χ3n) is 4.34. The SMILES string of the molecule is O=C(O)Oc1cc(CNc2ccccc2C(=O)Nc2ccc3[nH]ncc3c2)ccn1. The third kappa shape index (κ3) is 4.36. The number of benzene rings is 2. The molecule has 4 aromatic rings. The van der Waals surface area contributed by atoms with Crippen molar-refractivity contribution >= 4 is 34.3 Å². The van der Waals surface area contributed by atoms with Crippen LogP contribution in [0.2, 0.25) is 0 Å². The van der Waals surface area contributed by atoms with Crippen molar-refractivity contribution in [2.45, 2.75) is 6.54 Å². The monoisotopic (exact) mass is 403 g/mol. The Labute approximate surface area is 170 Å². The first-order valence-electron chi connectivity index (χ1n) is 9.01. The number of rotatable bonds is 6. The summed E-state index contributed by atoms with van der Waals surface area (Å²) in [6.45, 7) is 0.351. The molecule has 0 fully saturated rings. The minimum Gasteiger partial charge on any atom is -0.449 e. The third-order valence-corrected chi connectivity index (χ3v) is 4.34. The Bertz CT molecular complexity index is 1220. The highest BCUT2D eigenvalue weighted by Crippen LogP contribution is 2.21. The number of carbonyl (C=O) groups excluding carboxylic acids is 1. The molecule has 0 bridgehead atoms. The molecule has 4 rings (SSSR count). The van der Waals surface area contributed by atoms with Crippen LogP contribution in [0.25, 0.3) is 10.9 Å². The highest BCUT2D eigenvalue weighted by atomic mass is 16.7. The van der Waals surface area contributed by atoms with Crippen molar-refractivity contribution in [2.75, 3.05) is 10.6 Å². The van der Waals surface area contributed by atoms with Gasteiger partial charge in [0.15, 0.2) is 0 Å². The molecule has 0 saturated heterocycles. The van der Waals surface area contributed by atoms with Gasteiger partial charge in [0.25, 0.3) is 5.91 Å². The summed E-state index contributed by atoms with van der Waals surface area (Å²) in [5, 5.41) is 22.5. The summed E-state index contributed by atoms with van der Waals surface area (Å²) in [7, 11) is 0. The molecule has 2 aromatic heterocycles. The molecule has 0 aliphatic carbocycles. The standard InChI is InChI=1S/C21H17N5O4/c27-20(25-15-5-6-17-14(10-15)12-24-26-17)16-3-1-2-4-18(16)23-11-13-7-8-22-19(9-13)30-21(28)29/h1-10,12,23H,11H2,(H,24,26)(H,25,27)(H,28,29). The van der Waals surface area contributed by atoms with E-state index in [4.69, 9.17) is 5.11 Å². The lowest BCUT2D eigenvalue weighted by Gasteiger charge is -2.13. The molecular formula is C21H17N5O4. The molecule has 9 nitrogen and oxygen atoms in total. The van der Waals surface area contributed by atoms with Gasteiger partial charge in [-0.3, -0.25) is 9.89 Å². The van der Waals surface area contributed by atoms with Gasteiger partial charge in [0, 0.05) is 35.6 Å². The molecule has 30 heavy (non-hydrogen) atoms. The van der Waals surface area contributed by atoms with Crippen LogP contribution >= 0.6 is 0 Å². The average Bonchev–Trinajstić information content (AvgIpc) is 3.20. The van der Waals surface area contributed by atoms with Gasteiger partial charge >= 0.3 is 6.16 Å². The van der Waals surface area contributed by atoms with E-state index in [-0.39, 0.29) is 11.8 Å². The Balaban J connectivity index is 1.48. The zero-order valence-corrected chi connectivity index (χ0v) is 15.6. The Hall–Kier alpha value is -4.40. The molecule has 1 amide bonds. The van der Waals surface area contributed by atoms with Crippen LogP contribution < -0.4 is 15.4 Å². The number of amides is 1. The molecule has 4 N–H and O–H groups in total. The highest BCUT2D eigenvalue weighted by molar-refractivity contribution is 6.08. The van der Waals surface area contributed by atoms with Gasteiger partial charge in [-0.2, -0.15) is 5.10 Å². The van der Waals surface area contributed by atoms with Crippen LogP contribution in [0.5, 0.6) is 5.88 Å². The van der Waals surface area contributed by atoms with Gasteiger partial charge in [-0.05, 0) is 42.0 Å². The van der Waals surface area contributed by atoms with E-state index in [1.165, 1.54) is 12.3 Å². The van der Waals surface area contributed by atoms with E-state index >= 15 is 0 Å². The van der Waals surface area contributed by atoms with Crippen molar-refractivity contribution in [1.29, 1.82) is 0 Å². The van der Waals surface area contributed by atoms with E-state index in [0.717, 1.165) is 16.5 Å². The van der Waals surface area contributed by atoms with Gasteiger partial charge in [0.2, 0.25) is 5.88 Å². The maximum Gasteiger partial charge on any atom is 0.512 e. The zero-order chi connectivity index (χ0) is 20.9. The van der Waals surface area contributed by atoms with E-state index < -0.39 is 6.16 Å². The summed E-state index contributed by atoms with van der Waals surface area (Å²) in [4.78, 5) is 27.3. The second kappa shape index (κ2) is 8.31. The van der Waals surface area contributed by atoms with Crippen molar-refractivity contribution in [3.05, 3.63) is 78.1 Å². The summed E-state index contributed by atoms with van der Waals surface area (Å²) in [5.74, 6) is -0.270. The van der Waals surface area contributed by atoms with Gasteiger partial charge in [0.1, 0.15) is 0 Å². The Morgan fingerprint density at radius 2 is 1.97 bits per heavy atom. The number of pyridine rings is 1. The first-order chi connectivity index (χ1) is 14.6. The van der Waals surface area contributed by atoms with E-state index in [2.05, 4.69) is 30.6 Å². The van der Waals surface area contributed by atoms with Gasteiger partial charge < -0.3 is 20.5 Å². The molecule has 2 aromatic carbocycles. The number of carboxylic acid groups (broad SMARTS) is 1. The van der Waals surface area contributed by atoms with Crippen LogP contribution in [0.3, 0.4) is 0 Å². The van der Waals surface area contributed by atoms with Gasteiger partial charge in [-0.25, -0.2) is 9.78 Å². The minimum atomic E-state index is -1.43. The minimum absolute atomic E-state index is 0.0116. The normalized spacial score (nSPS) is 10.5. The number of hydrogen-bond donors (Lipinski definition) is 4. The molecule has 0 spiro atoms. The van der Waals surface area contributed by atoms with Crippen LogP contribution in [0, 0.1) is 0 Å². The van der Waals surface area contributed by atoms with Crippen molar-refractivity contribution in [3.63, 3.8) is 0 Å². The number of hydrogen-bond acceptors (Lipinski definition) is 6. The predicted molar refractivity (Wildman–Crippen MR) is 111 cm³/mol. The molecule has 0 radical (unpaired) electrons. The number of nitrogens with zero attached hydrogens (tertiary/aromatic N) is 2. The first kappa shape index (κ1) is 18.9. The van der Waals surface area contributed by atoms with Crippen molar-refractivity contribution in [3.8, 4) is 5.88 Å². The van der Waals surface area contributed by atoms with E-state index in [0.29, 0.717) is 23.5 Å². The predicted octanol–water partition coefficient (Wildman–Crippen LogP) is 3.88. The zero-order valence-electron chi connectivity index (χ0n) is 15.6. The maximum atomic E-state index is 12.8. The van der Waals surface area contributed by atoms with E-state index in [9.17, 15) is 9.59 Å². The number of carbonyl (C=O) groups is 2. The molecule has 150 valence electrons. The van der Waals surface area contributed by atoms with Crippen LogP contribution in [0.15, 0.2) is 67.0 Å². The lowest BCUT2D eigenvalue weighted by Crippen LogP contribution is -2.15. The van der Waals surface area contributed by atoms with E-state index in [1.54, 1.807) is 36.5 Å². The molecule has 0 aliphatic heterocycles. The lowest BCUT2D eigenvalue weighted by atomic mass is 10.1. The van der Waals surface area contributed by atoms with Crippen LogP contribution in [-0.2, 0) is 6.54 Å². The van der Waals surface area contributed by atoms with Crippen LogP contribution in [-0.4, -0.2) is 32.4 Å². The van der Waals surface area contributed by atoms with Gasteiger partial charge in [-0.15, -0.1) is 0 Å². The quantitative estimate of drug-likeness (QED) is 0.360. The number of para-hydroxylation sites is 1.